The lowest BCUT2D eigenvalue weighted by molar-refractivity contribution is 0.0597. The van der Waals surface area contributed by atoms with Gasteiger partial charge in [-0.1, -0.05) is 67.9 Å². The Balaban J connectivity index is 1.83. The molecule has 2 N–H and O–H groups in total. The van der Waals surface area contributed by atoms with Crippen molar-refractivity contribution in [2.24, 2.45) is 18.7 Å². The van der Waals surface area contributed by atoms with Gasteiger partial charge in [0.15, 0.2) is 5.69 Å². The van der Waals surface area contributed by atoms with Crippen LogP contribution in [0.2, 0.25) is 5.02 Å². The van der Waals surface area contributed by atoms with E-state index in [1.165, 1.54) is 0 Å². The standard InChI is InChI=1S/C29H35ClN6O/c1-20(2)27(36(15-9-14-31)29(37)25-16-21(3)34(4)33-25)28-32-26(23-12-8-13-24(30)17-23)19-35(28)18-22-10-6-5-7-11-22/h5-8,10-13,16-17,19-20,27H,9,14-15,18,31H2,1-4H3/t27-/m1/s1. The van der Waals surface area contributed by atoms with Gasteiger partial charge in [-0.3, -0.25) is 9.48 Å². The highest BCUT2D eigenvalue weighted by atomic mass is 35.5. The minimum Gasteiger partial charge on any atom is -0.330 e. The van der Waals surface area contributed by atoms with Crippen LogP contribution in [-0.4, -0.2) is 43.2 Å². The van der Waals surface area contributed by atoms with Gasteiger partial charge in [0.2, 0.25) is 0 Å². The minimum absolute atomic E-state index is 0.0932. The molecule has 0 fully saturated rings. The molecule has 2 aromatic carbocycles. The van der Waals surface area contributed by atoms with Crippen molar-refractivity contribution in [3.8, 4) is 11.3 Å². The molecule has 0 aliphatic heterocycles. The van der Waals surface area contributed by atoms with E-state index in [1.54, 1.807) is 4.68 Å². The summed E-state index contributed by atoms with van der Waals surface area (Å²) in [5, 5.41) is 5.13. The highest BCUT2D eigenvalue weighted by molar-refractivity contribution is 6.30. The largest absolute Gasteiger partial charge is 0.330 e. The smallest absolute Gasteiger partial charge is 0.274 e. The summed E-state index contributed by atoms with van der Waals surface area (Å²) in [6.07, 6.45) is 2.74. The first-order chi connectivity index (χ1) is 17.8. The van der Waals surface area contributed by atoms with E-state index in [-0.39, 0.29) is 17.9 Å². The van der Waals surface area contributed by atoms with Gasteiger partial charge < -0.3 is 15.2 Å². The van der Waals surface area contributed by atoms with Crippen molar-refractivity contribution >= 4 is 17.5 Å². The summed E-state index contributed by atoms with van der Waals surface area (Å²) in [5.41, 5.74) is 10.2. The molecule has 2 heterocycles. The Labute approximate surface area is 223 Å². The minimum atomic E-state index is -0.280. The predicted molar refractivity (Wildman–Crippen MR) is 148 cm³/mol. The fourth-order valence-corrected chi connectivity index (χ4v) is 4.79. The number of imidazole rings is 1. The van der Waals surface area contributed by atoms with Crippen LogP contribution in [0.4, 0.5) is 0 Å². The Kier molecular flexibility index (Phi) is 8.46. The molecule has 0 aliphatic carbocycles. The highest BCUT2D eigenvalue weighted by Gasteiger charge is 2.33. The molecule has 0 spiro atoms. The number of nitrogens with two attached hydrogens (primary N) is 1. The number of aryl methyl sites for hydroxylation is 2. The van der Waals surface area contributed by atoms with Crippen LogP contribution in [0.3, 0.4) is 0 Å². The van der Waals surface area contributed by atoms with Crippen LogP contribution in [0.25, 0.3) is 11.3 Å². The van der Waals surface area contributed by atoms with Crippen LogP contribution in [0.1, 0.15) is 53.9 Å². The number of hydrogen-bond donors (Lipinski definition) is 1. The molecule has 1 amide bonds. The van der Waals surface area contributed by atoms with Crippen molar-refractivity contribution in [3.63, 3.8) is 0 Å². The number of carbonyl (C=O) groups is 1. The predicted octanol–water partition coefficient (Wildman–Crippen LogP) is 5.48. The number of benzene rings is 2. The number of amides is 1. The van der Waals surface area contributed by atoms with Crippen LogP contribution in [0.5, 0.6) is 0 Å². The molecule has 194 valence electrons. The van der Waals surface area contributed by atoms with Crippen LogP contribution in [0.15, 0.2) is 66.9 Å². The quantitative estimate of drug-likeness (QED) is 0.301. The number of nitrogens with zero attached hydrogens (tertiary/aromatic N) is 5. The zero-order chi connectivity index (χ0) is 26.5. The van der Waals surface area contributed by atoms with E-state index in [1.807, 2.05) is 67.4 Å². The van der Waals surface area contributed by atoms with Gasteiger partial charge >= 0.3 is 0 Å². The monoisotopic (exact) mass is 518 g/mol. The van der Waals surface area contributed by atoms with Gasteiger partial charge in [-0.05, 0) is 49.6 Å². The first-order valence-electron chi connectivity index (χ1n) is 12.7. The first kappa shape index (κ1) is 26.6. The zero-order valence-corrected chi connectivity index (χ0v) is 22.7. The van der Waals surface area contributed by atoms with Crippen molar-refractivity contribution in [3.05, 3.63) is 94.7 Å². The summed E-state index contributed by atoms with van der Waals surface area (Å²) in [5.74, 6) is 0.803. The van der Waals surface area contributed by atoms with E-state index >= 15 is 0 Å². The Morgan fingerprint density at radius 1 is 1.11 bits per heavy atom. The molecule has 0 radical (unpaired) electrons. The summed E-state index contributed by atoms with van der Waals surface area (Å²) in [6.45, 7) is 7.82. The molecular formula is C29H35ClN6O. The maximum absolute atomic E-state index is 13.9. The third-order valence-corrected chi connectivity index (χ3v) is 6.79. The first-order valence-corrected chi connectivity index (χ1v) is 13.0. The van der Waals surface area contributed by atoms with Gasteiger partial charge in [-0.25, -0.2) is 4.98 Å². The Bertz CT molecular complexity index is 1320. The molecule has 4 aromatic rings. The lowest BCUT2D eigenvalue weighted by Gasteiger charge is -2.34. The molecular weight excluding hydrogens is 484 g/mol. The molecule has 0 saturated heterocycles. The topological polar surface area (TPSA) is 82.0 Å². The zero-order valence-electron chi connectivity index (χ0n) is 21.9. The van der Waals surface area contributed by atoms with Gasteiger partial charge in [-0.2, -0.15) is 5.10 Å². The van der Waals surface area contributed by atoms with Crippen LogP contribution in [0, 0.1) is 12.8 Å². The third kappa shape index (κ3) is 6.12. The summed E-state index contributed by atoms with van der Waals surface area (Å²) in [4.78, 5) is 20.9. The fraction of sp³-hybridized carbons (Fsp3) is 0.345. The fourth-order valence-electron chi connectivity index (χ4n) is 4.60. The van der Waals surface area contributed by atoms with E-state index in [0.29, 0.717) is 36.8 Å². The highest BCUT2D eigenvalue weighted by Crippen LogP contribution is 2.33. The van der Waals surface area contributed by atoms with E-state index in [2.05, 4.69) is 41.8 Å². The van der Waals surface area contributed by atoms with E-state index in [4.69, 9.17) is 22.3 Å². The number of rotatable bonds is 10. The third-order valence-electron chi connectivity index (χ3n) is 6.55. The van der Waals surface area contributed by atoms with E-state index in [0.717, 1.165) is 28.3 Å². The molecule has 2 aromatic heterocycles. The van der Waals surface area contributed by atoms with Crippen molar-refractivity contribution < 1.29 is 4.79 Å². The second kappa shape index (κ2) is 11.8. The summed E-state index contributed by atoms with van der Waals surface area (Å²) >= 11 is 6.31. The van der Waals surface area contributed by atoms with E-state index in [9.17, 15) is 4.79 Å². The number of carbonyl (C=O) groups excluding carboxylic acids is 1. The van der Waals surface area contributed by atoms with Gasteiger partial charge in [0.25, 0.3) is 5.91 Å². The normalized spacial score (nSPS) is 12.2. The molecule has 1 atom stereocenters. The maximum Gasteiger partial charge on any atom is 0.274 e. The van der Waals surface area contributed by atoms with Gasteiger partial charge in [0, 0.05) is 42.6 Å². The Morgan fingerprint density at radius 3 is 2.49 bits per heavy atom. The summed E-state index contributed by atoms with van der Waals surface area (Å²) in [6, 6.07) is 19.5. The molecule has 0 saturated carbocycles. The van der Waals surface area contributed by atoms with Crippen LogP contribution >= 0.6 is 11.6 Å². The van der Waals surface area contributed by atoms with Crippen molar-refractivity contribution in [1.82, 2.24) is 24.2 Å². The van der Waals surface area contributed by atoms with Gasteiger partial charge in [0.05, 0.1) is 11.7 Å². The second-order valence-electron chi connectivity index (χ2n) is 9.73. The number of aromatic nitrogens is 4. The average Bonchev–Trinajstić information content (AvgIpc) is 3.44. The average molecular weight is 519 g/mol. The molecule has 4 rings (SSSR count). The SMILES string of the molecule is Cc1cc(C(=O)N(CCCN)[C@@H](c2nc(-c3cccc(Cl)c3)cn2Cc2ccccc2)C(C)C)nn1C. The second-order valence-corrected chi connectivity index (χ2v) is 10.2. The van der Waals surface area contributed by atoms with Crippen LogP contribution in [-0.2, 0) is 13.6 Å². The molecule has 7 nitrogen and oxygen atoms in total. The van der Waals surface area contributed by atoms with Crippen molar-refractivity contribution in [2.75, 3.05) is 13.1 Å². The van der Waals surface area contributed by atoms with E-state index < -0.39 is 0 Å². The lowest BCUT2D eigenvalue weighted by Crippen LogP contribution is -2.40. The lowest BCUT2D eigenvalue weighted by atomic mass is 10.00. The van der Waals surface area contributed by atoms with Crippen molar-refractivity contribution in [1.29, 1.82) is 0 Å². The number of halogens is 1. The van der Waals surface area contributed by atoms with Gasteiger partial charge in [-0.15, -0.1) is 0 Å². The molecule has 0 aliphatic rings. The Morgan fingerprint density at radius 2 is 1.86 bits per heavy atom. The molecule has 0 bridgehead atoms. The van der Waals surface area contributed by atoms with Gasteiger partial charge in [0.1, 0.15) is 5.82 Å². The molecule has 0 unspecified atom stereocenters. The van der Waals surface area contributed by atoms with Crippen molar-refractivity contribution in [2.45, 2.75) is 39.8 Å². The maximum atomic E-state index is 13.9. The Hall–Kier alpha value is -3.42. The van der Waals surface area contributed by atoms with Crippen LogP contribution < -0.4 is 5.73 Å². The molecule has 37 heavy (non-hydrogen) atoms. The molecule has 8 heteroatoms. The number of hydrogen-bond acceptors (Lipinski definition) is 4. The summed E-state index contributed by atoms with van der Waals surface area (Å²) in [7, 11) is 1.85. The summed E-state index contributed by atoms with van der Waals surface area (Å²) < 4.78 is 3.88.